The SMILES string of the molecule is O=C(Nc1ccc(F)cc1)N1CCCC(c2nnc(C3CCCCC3)o2)C1. The normalized spacial score (nSPS) is 21.2. The van der Waals surface area contributed by atoms with E-state index >= 15 is 0 Å². The smallest absolute Gasteiger partial charge is 0.321 e. The van der Waals surface area contributed by atoms with Crippen molar-refractivity contribution in [1.29, 1.82) is 0 Å². The number of carbonyl (C=O) groups excluding carboxylic acids is 1. The minimum absolute atomic E-state index is 0.0718. The second kappa shape index (κ2) is 8.06. The van der Waals surface area contributed by atoms with E-state index in [0.29, 0.717) is 30.6 Å². The Morgan fingerprint density at radius 1 is 1.00 bits per heavy atom. The molecule has 7 heteroatoms. The molecule has 2 aromatic rings. The molecule has 1 N–H and O–H groups in total. The fourth-order valence-corrected chi connectivity index (χ4v) is 4.02. The van der Waals surface area contributed by atoms with Crippen molar-refractivity contribution in [2.45, 2.75) is 56.8 Å². The van der Waals surface area contributed by atoms with Gasteiger partial charge in [-0.1, -0.05) is 19.3 Å². The maximum Gasteiger partial charge on any atom is 0.321 e. The second-order valence-corrected chi connectivity index (χ2v) is 7.54. The summed E-state index contributed by atoms with van der Waals surface area (Å²) in [5.41, 5.74) is 0.584. The van der Waals surface area contributed by atoms with Crippen molar-refractivity contribution in [3.63, 3.8) is 0 Å². The fraction of sp³-hybridized carbons (Fsp3) is 0.550. The van der Waals surface area contributed by atoms with Crippen molar-refractivity contribution in [2.24, 2.45) is 0 Å². The van der Waals surface area contributed by atoms with E-state index in [-0.39, 0.29) is 17.8 Å². The number of aromatic nitrogens is 2. The third-order valence-electron chi connectivity index (χ3n) is 5.56. The molecule has 1 aromatic carbocycles. The van der Waals surface area contributed by atoms with Crippen LogP contribution in [0, 0.1) is 5.82 Å². The highest BCUT2D eigenvalue weighted by Gasteiger charge is 2.30. The zero-order valence-electron chi connectivity index (χ0n) is 15.4. The molecule has 0 bridgehead atoms. The first-order chi connectivity index (χ1) is 13.2. The van der Waals surface area contributed by atoms with Crippen molar-refractivity contribution in [3.8, 4) is 0 Å². The van der Waals surface area contributed by atoms with E-state index in [0.717, 1.165) is 31.6 Å². The zero-order chi connectivity index (χ0) is 18.6. The van der Waals surface area contributed by atoms with Crippen LogP contribution in [0.1, 0.15) is 68.6 Å². The van der Waals surface area contributed by atoms with E-state index in [1.165, 1.54) is 31.4 Å². The zero-order valence-corrected chi connectivity index (χ0v) is 15.4. The third kappa shape index (κ3) is 4.28. The van der Waals surface area contributed by atoms with Crippen molar-refractivity contribution in [1.82, 2.24) is 15.1 Å². The number of hydrogen-bond donors (Lipinski definition) is 1. The van der Waals surface area contributed by atoms with Crippen LogP contribution in [-0.2, 0) is 0 Å². The average molecular weight is 372 g/mol. The van der Waals surface area contributed by atoms with E-state index < -0.39 is 0 Å². The van der Waals surface area contributed by atoms with Crippen LogP contribution in [0.2, 0.25) is 0 Å². The van der Waals surface area contributed by atoms with Gasteiger partial charge in [0.05, 0.1) is 5.92 Å². The molecule has 0 radical (unpaired) electrons. The number of rotatable bonds is 3. The first-order valence-electron chi connectivity index (χ1n) is 9.84. The van der Waals surface area contributed by atoms with E-state index in [9.17, 15) is 9.18 Å². The van der Waals surface area contributed by atoms with Gasteiger partial charge in [0.25, 0.3) is 0 Å². The van der Waals surface area contributed by atoms with Crippen molar-refractivity contribution < 1.29 is 13.6 Å². The maximum atomic E-state index is 13.0. The molecule has 144 valence electrons. The summed E-state index contributed by atoms with van der Waals surface area (Å²) >= 11 is 0. The van der Waals surface area contributed by atoms with Gasteiger partial charge < -0.3 is 14.6 Å². The van der Waals surface area contributed by atoms with Gasteiger partial charge in [0.1, 0.15) is 5.82 Å². The predicted molar refractivity (Wildman–Crippen MR) is 99.1 cm³/mol. The van der Waals surface area contributed by atoms with E-state index in [1.54, 1.807) is 17.0 Å². The monoisotopic (exact) mass is 372 g/mol. The highest BCUT2D eigenvalue weighted by atomic mass is 19.1. The molecule has 2 amide bonds. The number of urea groups is 1. The minimum Gasteiger partial charge on any atom is -0.425 e. The van der Waals surface area contributed by atoms with Gasteiger partial charge in [-0.2, -0.15) is 0 Å². The van der Waals surface area contributed by atoms with Crippen LogP contribution in [0.3, 0.4) is 0 Å². The molecule has 6 nitrogen and oxygen atoms in total. The highest BCUT2D eigenvalue weighted by molar-refractivity contribution is 5.89. The van der Waals surface area contributed by atoms with Gasteiger partial charge in [-0.15, -0.1) is 10.2 Å². The van der Waals surface area contributed by atoms with Crippen LogP contribution in [0.5, 0.6) is 0 Å². The predicted octanol–water partition coefficient (Wildman–Crippen LogP) is 4.67. The number of halogens is 1. The molecule has 1 aromatic heterocycles. The molecule has 2 aliphatic rings. The van der Waals surface area contributed by atoms with Crippen LogP contribution in [0.4, 0.5) is 14.9 Å². The number of anilines is 1. The number of nitrogens with one attached hydrogen (secondary N) is 1. The molecule has 0 spiro atoms. The number of hydrogen-bond acceptors (Lipinski definition) is 4. The van der Waals surface area contributed by atoms with E-state index in [1.807, 2.05) is 0 Å². The molecule has 1 aliphatic carbocycles. The lowest BCUT2D eigenvalue weighted by Crippen LogP contribution is -2.41. The summed E-state index contributed by atoms with van der Waals surface area (Å²) in [6.45, 7) is 1.24. The summed E-state index contributed by atoms with van der Waals surface area (Å²) in [5.74, 6) is 1.55. The van der Waals surface area contributed by atoms with Gasteiger partial charge in [-0.05, 0) is 49.9 Å². The van der Waals surface area contributed by atoms with Gasteiger partial charge in [-0.25, -0.2) is 9.18 Å². The summed E-state index contributed by atoms with van der Waals surface area (Å²) in [6.07, 6.45) is 7.82. The lowest BCUT2D eigenvalue weighted by molar-refractivity contribution is 0.186. The molecule has 1 atom stereocenters. The maximum absolute atomic E-state index is 13.0. The Labute approximate surface area is 158 Å². The number of benzene rings is 1. The lowest BCUT2D eigenvalue weighted by atomic mass is 9.89. The first kappa shape index (κ1) is 17.9. The number of nitrogens with zero attached hydrogens (tertiary/aromatic N) is 3. The molecule has 1 aliphatic heterocycles. The Hall–Kier alpha value is -2.44. The van der Waals surface area contributed by atoms with Crippen molar-refractivity contribution in [3.05, 3.63) is 41.9 Å². The van der Waals surface area contributed by atoms with Gasteiger partial charge in [0.15, 0.2) is 0 Å². The average Bonchev–Trinajstić information content (AvgIpc) is 3.21. The highest BCUT2D eigenvalue weighted by Crippen LogP contribution is 2.34. The van der Waals surface area contributed by atoms with Crippen molar-refractivity contribution >= 4 is 11.7 Å². The van der Waals surface area contributed by atoms with Crippen LogP contribution in [0.25, 0.3) is 0 Å². The van der Waals surface area contributed by atoms with Crippen molar-refractivity contribution in [2.75, 3.05) is 18.4 Å². The first-order valence-corrected chi connectivity index (χ1v) is 9.84. The third-order valence-corrected chi connectivity index (χ3v) is 5.56. The largest absolute Gasteiger partial charge is 0.425 e. The Morgan fingerprint density at radius 2 is 1.67 bits per heavy atom. The van der Waals surface area contributed by atoms with E-state index in [4.69, 9.17) is 4.42 Å². The van der Waals surface area contributed by atoms with Crippen LogP contribution >= 0.6 is 0 Å². The summed E-state index contributed by atoms with van der Waals surface area (Å²) < 4.78 is 19.0. The number of carbonyl (C=O) groups is 1. The molecule has 4 rings (SSSR count). The Bertz CT molecular complexity index is 771. The van der Waals surface area contributed by atoms with Gasteiger partial charge >= 0.3 is 6.03 Å². The molecule has 1 saturated heterocycles. The minimum atomic E-state index is -0.323. The Balaban J connectivity index is 1.38. The number of amides is 2. The number of likely N-dealkylation sites (tertiary alicyclic amines) is 1. The lowest BCUT2D eigenvalue weighted by Gasteiger charge is -2.31. The van der Waals surface area contributed by atoms with Gasteiger partial charge in [0.2, 0.25) is 11.8 Å². The second-order valence-electron chi connectivity index (χ2n) is 7.54. The van der Waals surface area contributed by atoms with Gasteiger partial charge in [-0.3, -0.25) is 0 Å². The van der Waals surface area contributed by atoms with Crippen LogP contribution in [0.15, 0.2) is 28.7 Å². The molecule has 1 unspecified atom stereocenters. The molecule has 27 heavy (non-hydrogen) atoms. The molecule has 2 heterocycles. The molecular weight excluding hydrogens is 347 g/mol. The Morgan fingerprint density at radius 3 is 2.41 bits per heavy atom. The standard InChI is InChI=1S/C20H25FN4O2/c21-16-8-10-17(11-9-16)22-20(26)25-12-4-7-15(13-25)19-24-23-18(27-19)14-5-2-1-3-6-14/h8-11,14-15H,1-7,12-13H2,(H,22,26). The number of piperidine rings is 1. The quantitative estimate of drug-likeness (QED) is 0.850. The van der Waals surface area contributed by atoms with E-state index in [2.05, 4.69) is 15.5 Å². The van der Waals surface area contributed by atoms with Crippen LogP contribution in [-0.4, -0.2) is 34.2 Å². The topological polar surface area (TPSA) is 71.3 Å². The summed E-state index contributed by atoms with van der Waals surface area (Å²) in [5, 5.41) is 11.4. The van der Waals surface area contributed by atoms with Crippen LogP contribution < -0.4 is 5.32 Å². The molecule has 1 saturated carbocycles. The van der Waals surface area contributed by atoms with Gasteiger partial charge in [0, 0.05) is 24.7 Å². The Kier molecular flexibility index (Phi) is 5.36. The summed E-state index contributed by atoms with van der Waals surface area (Å²) in [4.78, 5) is 14.3. The summed E-state index contributed by atoms with van der Waals surface area (Å²) in [6, 6.07) is 5.60. The molecule has 2 fully saturated rings. The summed E-state index contributed by atoms with van der Waals surface area (Å²) in [7, 11) is 0. The fourth-order valence-electron chi connectivity index (χ4n) is 4.02. The molecular formula is C20H25FN4O2.